The van der Waals surface area contributed by atoms with Gasteiger partial charge in [0.2, 0.25) is 0 Å². The largest absolute Gasteiger partial charge is 0.332 e. The SMILES string of the molecule is Cn1c(=O)c2nc(Br)n(CCCC(=O)c3ccccc3)c2n(C)c1=O. The van der Waals surface area contributed by atoms with E-state index in [1.165, 1.54) is 11.6 Å². The van der Waals surface area contributed by atoms with Crippen LogP contribution in [0.3, 0.4) is 0 Å². The van der Waals surface area contributed by atoms with Crippen molar-refractivity contribution in [3.63, 3.8) is 0 Å². The predicted molar refractivity (Wildman–Crippen MR) is 97.9 cm³/mol. The number of rotatable bonds is 5. The van der Waals surface area contributed by atoms with Crippen molar-refractivity contribution in [1.82, 2.24) is 18.7 Å². The molecule has 2 aromatic heterocycles. The lowest BCUT2D eigenvalue weighted by Crippen LogP contribution is -2.37. The van der Waals surface area contributed by atoms with E-state index < -0.39 is 11.2 Å². The summed E-state index contributed by atoms with van der Waals surface area (Å²) < 4.78 is 4.64. The Kier molecular flexibility index (Phi) is 4.71. The maximum atomic E-state index is 12.2. The lowest BCUT2D eigenvalue weighted by molar-refractivity contribution is 0.0978. The second-order valence-electron chi connectivity index (χ2n) is 5.80. The first kappa shape index (κ1) is 17.3. The molecule has 0 aliphatic heterocycles. The number of carbonyl (C=O) groups is 1. The van der Waals surface area contributed by atoms with Crippen molar-refractivity contribution < 1.29 is 4.79 Å². The van der Waals surface area contributed by atoms with E-state index in [4.69, 9.17) is 0 Å². The van der Waals surface area contributed by atoms with Crippen molar-refractivity contribution in [3.05, 3.63) is 61.5 Å². The highest BCUT2D eigenvalue weighted by molar-refractivity contribution is 9.10. The van der Waals surface area contributed by atoms with Gasteiger partial charge in [-0.2, -0.15) is 0 Å². The highest BCUT2D eigenvalue weighted by Crippen LogP contribution is 2.18. The van der Waals surface area contributed by atoms with Gasteiger partial charge in [-0.15, -0.1) is 0 Å². The molecule has 0 bridgehead atoms. The van der Waals surface area contributed by atoms with Gasteiger partial charge in [-0.05, 0) is 22.4 Å². The Balaban J connectivity index is 1.88. The van der Waals surface area contributed by atoms with Crippen molar-refractivity contribution in [1.29, 1.82) is 0 Å². The fraction of sp³-hybridized carbons (Fsp3) is 0.294. The fourth-order valence-electron chi connectivity index (χ4n) is 2.83. The van der Waals surface area contributed by atoms with Gasteiger partial charge in [-0.1, -0.05) is 30.3 Å². The minimum Gasteiger partial charge on any atom is -0.304 e. The zero-order valence-corrected chi connectivity index (χ0v) is 15.5. The first-order chi connectivity index (χ1) is 11.9. The summed E-state index contributed by atoms with van der Waals surface area (Å²) in [5.41, 5.74) is 0.515. The summed E-state index contributed by atoms with van der Waals surface area (Å²) in [5.74, 6) is 0.0611. The van der Waals surface area contributed by atoms with Crippen LogP contribution in [-0.4, -0.2) is 24.5 Å². The Bertz CT molecular complexity index is 1060. The maximum absolute atomic E-state index is 12.2. The van der Waals surface area contributed by atoms with Gasteiger partial charge in [0, 0.05) is 32.6 Å². The van der Waals surface area contributed by atoms with Crippen LogP contribution < -0.4 is 11.2 Å². The number of Topliss-reactive ketones (excluding diaryl/α,β-unsaturated/α-hetero) is 1. The standard InChI is InChI=1S/C17H17BrN4O3/c1-20-14-13(15(24)21(2)17(20)25)19-16(18)22(14)10-6-9-12(23)11-7-4-3-5-8-11/h3-5,7-8H,6,9-10H2,1-2H3. The van der Waals surface area contributed by atoms with Gasteiger partial charge < -0.3 is 4.57 Å². The van der Waals surface area contributed by atoms with E-state index in [9.17, 15) is 14.4 Å². The van der Waals surface area contributed by atoms with Gasteiger partial charge in [-0.25, -0.2) is 9.78 Å². The number of imidazole rings is 1. The molecular weight excluding hydrogens is 388 g/mol. The average molecular weight is 405 g/mol. The Labute approximate surface area is 151 Å². The number of ketones is 1. The number of nitrogens with zero attached hydrogens (tertiary/aromatic N) is 4. The molecule has 0 amide bonds. The summed E-state index contributed by atoms with van der Waals surface area (Å²) in [4.78, 5) is 40.8. The molecule has 8 heteroatoms. The van der Waals surface area contributed by atoms with Gasteiger partial charge >= 0.3 is 5.69 Å². The fourth-order valence-corrected chi connectivity index (χ4v) is 3.35. The van der Waals surface area contributed by atoms with Crippen molar-refractivity contribution in [2.24, 2.45) is 14.1 Å². The monoisotopic (exact) mass is 404 g/mol. The molecule has 0 radical (unpaired) electrons. The summed E-state index contributed by atoms with van der Waals surface area (Å²) in [6.45, 7) is 0.468. The second kappa shape index (κ2) is 6.79. The van der Waals surface area contributed by atoms with E-state index in [2.05, 4.69) is 20.9 Å². The van der Waals surface area contributed by atoms with Gasteiger partial charge in [0.05, 0.1) is 0 Å². The first-order valence-corrected chi connectivity index (χ1v) is 8.61. The van der Waals surface area contributed by atoms with Crippen LogP contribution in [0.4, 0.5) is 0 Å². The van der Waals surface area contributed by atoms with Gasteiger partial charge in [0.25, 0.3) is 5.56 Å². The molecule has 130 valence electrons. The molecule has 0 fully saturated rings. The number of hydrogen-bond acceptors (Lipinski definition) is 4. The highest BCUT2D eigenvalue weighted by Gasteiger charge is 2.17. The van der Waals surface area contributed by atoms with Gasteiger partial charge in [-0.3, -0.25) is 18.7 Å². The third-order valence-corrected chi connectivity index (χ3v) is 4.78. The summed E-state index contributed by atoms with van der Waals surface area (Å²) in [6.07, 6.45) is 0.941. The zero-order valence-electron chi connectivity index (χ0n) is 13.9. The van der Waals surface area contributed by atoms with Crippen molar-refractivity contribution >= 4 is 32.9 Å². The normalized spacial score (nSPS) is 11.2. The van der Waals surface area contributed by atoms with Gasteiger partial charge in [0.1, 0.15) is 0 Å². The van der Waals surface area contributed by atoms with E-state index in [1.54, 1.807) is 23.7 Å². The van der Waals surface area contributed by atoms with Gasteiger partial charge in [0.15, 0.2) is 21.7 Å². The lowest BCUT2D eigenvalue weighted by Gasteiger charge is -2.09. The van der Waals surface area contributed by atoms with E-state index >= 15 is 0 Å². The average Bonchev–Trinajstić information content (AvgIpc) is 2.95. The van der Waals surface area contributed by atoms with E-state index in [0.717, 1.165) is 4.57 Å². The molecule has 25 heavy (non-hydrogen) atoms. The Morgan fingerprint density at radius 3 is 2.48 bits per heavy atom. The van der Waals surface area contributed by atoms with E-state index in [1.807, 2.05) is 18.2 Å². The second-order valence-corrected chi connectivity index (χ2v) is 6.51. The molecule has 1 aromatic carbocycles. The molecule has 0 aliphatic carbocycles. The Hall–Kier alpha value is -2.48. The van der Waals surface area contributed by atoms with Crippen LogP contribution in [0, 0.1) is 0 Å². The van der Waals surface area contributed by atoms with Crippen molar-refractivity contribution in [3.8, 4) is 0 Å². The zero-order chi connectivity index (χ0) is 18.1. The minimum absolute atomic E-state index is 0.0611. The third-order valence-electron chi connectivity index (χ3n) is 4.17. The molecule has 0 aliphatic rings. The van der Waals surface area contributed by atoms with Crippen LogP contribution >= 0.6 is 15.9 Å². The van der Waals surface area contributed by atoms with Crippen LogP contribution in [-0.2, 0) is 20.6 Å². The molecule has 0 saturated carbocycles. The first-order valence-electron chi connectivity index (χ1n) is 7.82. The summed E-state index contributed by atoms with van der Waals surface area (Å²) >= 11 is 3.34. The molecule has 7 nitrogen and oxygen atoms in total. The topological polar surface area (TPSA) is 78.9 Å². The molecular formula is C17H17BrN4O3. The molecule has 0 atom stereocenters. The molecule has 2 heterocycles. The smallest absolute Gasteiger partial charge is 0.304 e. The molecule has 0 spiro atoms. The maximum Gasteiger partial charge on any atom is 0.332 e. The predicted octanol–water partition coefficient (Wildman–Crippen LogP) is 1.86. The van der Waals surface area contributed by atoms with Crippen LogP contribution in [0.1, 0.15) is 23.2 Å². The number of fused-ring (bicyclic) bond motifs is 1. The van der Waals surface area contributed by atoms with Crippen LogP contribution in [0.2, 0.25) is 0 Å². The molecule has 0 unspecified atom stereocenters. The van der Waals surface area contributed by atoms with E-state index in [-0.39, 0.29) is 11.3 Å². The Morgan fingerprint density at radius 2 is 1.80 bits per heavy atom. The summed E-state index contributed by atoms with van der Waals surface area (Å²) in [5, 5.41) is 0. The van der Waals surface area contributed by atoms with Crippen LogP contribution in [0.5, 0.6) is 0 Å². The number of carbonyl (C=O) groups excluding carboxylic acids is 1. The number of benzene rings is 1. The molecule has 0 N–H and O–H groups in total. The minimum atomic E-state index is -0.432. The van der Waals surface area contributed by atoms with Crippen molar-refractivity contribution in [2.75, 3.05) is 0 Å². The number of aromatic nitrogens is 4. The van der Waals surface area contributed by atoms with E-state index in [0.29, 0.717) is 35.3 Å². The van der Waals surface area contributed by atoms with Crippen molar-refractivity contribution in [2.45, 2.75) is 19.4 Å². The quantitative estimate of drug-likeness (QED) is 0.480. The molecule has 3 rings (SSSR count). The lowest BCUT2D eigenvalue weighted by atomic mass is 10.1. The number of hydrogen-bond donors (Lipinski definition) is 0. The number of aryl methyl sites for hydroxylation is 2. The molecule has 3 aromatic rings. The molecule has 0 saturated heterocycles. The Morgan fingerprint density at radius 1 is 1.12 bits per heavy atom. The third kappa shape index (κ3) is 3.09. The van der Waals surface area contributed by atoms with Crippen LogP contribution in [0.15, 0.2) is 44.7 Å². The summed E-state index contributed by atoms with van der Waals surface area (Å²) in [6, 6.07) is 9.11. The summed E-state index contributed by atoms with van der Waals surface area (Å²) in [7, 11) is 3.03. The number of halogens is 1. The van der Waals surface area contributed by atoms with Crippen LogP contribution in [0.25, 0.3) is 11.2 Å². The highest BCUT2D eigenvalue weighted by atomic mass is 79.9.